The summed E-state index contributed by atoms with van der Waals surface area (Å²) in [5.41, 5.74) is -0.407. The molecule has 2 aromatic carbocycles. The van der Waals surface area contributed by atoms with Gasteiger partial charge in [0.25, 0.3) is 10.0 Å². The molecule has 112 valence electrons. The van der Waals surface area contributed by atoms with Crippen molar-refractivity contribution < 1.29 is 21.6 Å². The first-order valence-corrected chi connectivity index (χ1v) is 7.98. The van der Waals surface area contributed by atoms with Crippen LogP contribution in [0.5, 0.6) is 0 Å². The van der Waals surface area contributed by atoms with Crippen molar-refractivity contribution in [2.45, 2.75) is 4.90 Å². The van der Waals surface area contributed by atoms with Crippen LogP contribution in [0.4, 0.5) is 18.9 Å². The molecular formula is C12H6BrClF3NO2S. The summed E-state index contributed by atoms with van der Waals surface area (Å²) in [7, 11) is -4.45. The normalized spacial score (nSPS) is 11.5. The highest BCUT2D eigenvalue weighted by molar-refractivity contribution is 9.10. The Hall–Kier alpha value is -1.25. The number of sulfonamides is 1. The molecule has 0 aromatic heterocycles. The Labute approximate surface area is 131 Å². The third-order valence-corrected chi connectivity index (χ3v) is 4.97. The van der Waals surface area contributed by atoms with Crippen LogP contribution in [-0.2, 0) is 10.0 Å². The molecule has 0 radical (unpaired) electrons. The topological polar surface area (TPSA) is 46.2 Å². The first kappa shape index (κ1) is 16.1. The van der Waals surface area contributed by atoms with E-state index in [2.05, 4.69) is 15.9 Å². The minimum atomic E-state index is -4.45. The summed E-state index contributed by atoms with van der Waals surface area (Å²) in [5, 5.41) is 0.0737. The van der Waals surface area contributed by atoms with Gasteiger partial charge in [0.1, 0.15) is 22.3 Å². The Morgan fingerprint density at radius 2 is 1.71 bits per heavy atom. The van der Waals surface area contributed by atoms with Gasteiger partial charge in [-0.3, -0.25) is 4.72 Å². The predicted molar refractivity (Wildman–Crippen MR) is 76.3 cm³/mol. The van der Waals surface area contributed by atoms with Crippen molar-refractivity contribution in [1.29, 1.82) is 0 Å². The second-order valence-electron chi connectivity index (χ2n) is 3.93. The summed E-state index contributed by atoms with van der Waals surface area (Å²) in [4.78, 5) is -0.821. The molecule has 0 aliphatic carbocycles. The second-order valence-corrected chi connectivity index (χ2v) is 6.84. The summed E-state index contributed by atoms with van der Waals surface area (Å²) in [6.45, 7) is 0. The van der Waals surface area contributed by atoms with Gasteiger partial charge >= 0.3 is 0 Å². The van der Waals surface area contributed by atoms with Crippen LogP contribution in [0.2, 0.25) is 5.02 Å². The van der Waals surface area contributed by atoms with Gasteiger partial charge in [-0.2, -0.15) is 0 Å². The van der Waals surface area contributed by atoms with E-state index in [1.54, 1.807) is 0 Å². The van der Waals surface area contributed by atoms with E-state index in [0.717, 1.165) is 18.2 Å². The van der Waals surface area contributed by atoms with Crippen molar-refractivity contribution in [3.8, 4) is 0 Å². The van der Waals surface area contributed by atoms with Crippen LogP contribution in [0, 0.1) is 17.5 Å². The number of hydrogen-bond donors (Lipinski definition) is 1. The fourth-order valence-electron chi connectivity index (χ4n) is 1.55. The molecule has 0 fully saturated rings. The maximum atomic E-state index is 13.7. The van der Waals surface area contributed by atoms with Gasteiger partial charge in [0.05, 0.1) is 5.69 Å². The number of anilines is 1. The lowest BCUT2D eigenvalue weighted by Crippen LogP contribution is -2.16. The van der Waals surface area contributed by atoms with E-state index < -0.39 is 38.1 Å². The summed E-state index contributed by atoms with van der Waals surface area (Å²) in [6, 6.07) is 4.45. The van der Waals surface area contributed by atoms with Gasteiger partial charge in [0.2, 0.25) is 0 Å². The zero-order valence-corrected chi connectivity index (χ0v) is 13.2. The van der Waals surface area contributed by atoms with Gasteiger partial charge in [-0.25, -0.2) is 21.6 Å². The zero-order chi connectivity index (χ0) is 15.8. The van der Waals surface area contributed by atoms with Crippen molar-refractivity contribution in [3.63, 3.8) is 0 Å². The van der Waals surface area contributed by atoms with Crippen LogP contribution < -0.4 is 4.72 Å². The molecule has 21 heavy (non-hydrogen) atoms. The average molecular weight is 401 g/mol. The molecule has 0 unspecified atom stereocenters. The highest BCUT2D eigenvalue weighted by Crippen LogP contribution is 2.29. The number of halogens is 5. The lowest BCUT2D eigenvalue weighted by molar-refractivity contribution is 0.548. The minimum Gasteiger partial charge on any atom is -0.277 e. The smallest absolute Gasteiger partial charge is 0.266 e. The highest BCUT2D eigenvalue weighted by atomic mass is 79.9. The summed E-state index contributed by atoms with van der Waals surface area (Å²) in [6.07, 6.45) is 0. The SMILES string of the molecule is O=S(=O)(Nc1ccc(Cl)cc1F)c1c(F)cc(F)cc1Br. The second kappa shape index (κ2) is 5.86. The molecule has 0 aliphatic heterocycles. The standard InChI is InChI=1S/C12H6BrClF3NO2S/c13-8-4-7(15)5-10(17)12(8)21(19,20)18-11-2-1-6(14)3-9(11)16/h1-5,18H. The maximum absolute atomic E-state index is 13.7. The average Bonchev–Trinajstić information content (AvgIpc) is 2.30. The lowest BCUT2D eigenvalue weighted by atomic mass is 10.3. The van der Waals surface area contributed by atoms with Gasteiger partial charge in [-0.05, 0) is 40.2 Å². The zero-order valence-electron chi connectivity index (χ0n) is 10.0. The van der Waals surface area contributed by atoms with Crippen molar-refractivity contribution in [2.24, 2.45) is 0 Å². The molecule has 0 bridgehead atoms. The number of nitrogens with one attached hydrogen (secondary N) is 1. The Bertz CT molecular complexity index is 791. The van der Waals surface area contributed by atoms with Crippen LogP contribution in [0.25, 0.3) is 0 Å². The van der Waals surface area contributed by atoms with Crippen molar-refractivity contribution in [1.82, 2.24) is 0 Å². The number of hydrogen-bond acceptors (Lipinski definition) is 2. The maximum Gasteiger partial charge on any atom is 0.266 e. The first-order chi connectivity index (χ1) is 9.70. The van der Waals surface area contributed by atoms with Gasteiger partial charge in [-0.1, -0.05) is 11.6 Å². The predicted octanol–water partition coefficient (Wildman–Crippen LogP) is 4.32. The van der Waals surface area contributed by atoms with Crippen molar-refractivity contribution >= 4 is 43.2 Å². The largest absolute Gasteiger partial charge is 0.277 e. The van der Waals surface area contributed by atoms with E-state index in [1.165, 1.54) is 6.07 Å². The fraction of sp³-hybridized carbons (Fsp3) is 0. The van der Waals surface area contributed by atoms with Crippen LogP contribution in [0.1, 0.15) is 0 Å². The number of benzene rings is 2. The Balaban J connectivity index is 2.48. The summed E-state index contributed by atoms with van der Waals surface area (Å²) < 4.78 is 66.0. The number of rotatable bonds is 3. The third-order valence-electron chi connectivity index (χ3n) is 2.41. The molecular weight excluding hydrogens is 395 g/mol. The lowest BCUT2D eigenvalue weighted by Gasteiger charge is -2.11. The van der Waals surface area contributed by atoms with Crippen molar-refractivity contribution in [3.05, 3.63) is 57.3 Å². The molecule has 1 N–H and O–H groups in total. The van der Waals surface area contributed by atoms with Crippen LogP contribution >= 0.6 is 27.5 Å². The van der Waals surface area contributed by atoms with Gasteiger partial charge < -0.3 is 0 Å². The van der Waals surface area contributed by atoms with E-state index >= 15 is 0 Å². The van der Waals surface area contributed by atoms with E-state index in [-0.39, 0.29) is 9.50 Å². The van der Waals surface area contributed by atoms with Gasteiger partial charge in [0, 0.05) is 15.6 Å². The molecule has 9 heteroatoms. The molecule has 2 aromatic rings. The first-order valence-electron chi connectivity index (χ1n) is 5.33. The Morgan fingerprint density at radius 1 is 1.05 bits per heavy atom. The fourth-order valence-corrected chi connectivity index (χ4v) is 3.95. The van der Waals surface area contributed by atoms with E-state index in [9.17, 15) is 21.6 Å². The molecule has 0 aliphatic rings. The Morgan fingerprint density at radius 3 is 2.29 bits per heavy atom. The van der Waals surface area contributed by atoms with Crippen LogP contribution in [0.3, 0.4) is 0 Å². The molecule has 0 spiro atoms. The summed E-state index contributed by atoms with van der Waals surface area (Å²) >= 11 is 8.31. The van der Waals surface area contributed by atoms with Crippen LogP contribution in [0.15, 0.2) is 39.7 Å². The third kappa shape index (κ3) is 3.50. The molecule has 0 saturated carbocycles. The van der Waals surface area contributed by atoms with E-state index in [0.29, 0.717) is 6.07 Å². The Kier molecular flexibility index (Phi) is 4.50. The monoisotopic (exact) mass is 399 g/mol. The highest BCUT2D eigenvalue weighted by Gasteiger charge is 2.24. The van der Waals surface area contributed by atoms with E-state index in [4.69, 9.17) is 11.6 Å². The molecule has 0 heterocycles. The quantitative estimate of drug-likeness (QED) is 0.834. The molecule has 2 rings (SSSR count). The molecule has 0 atom stereocenters. The van der Waals surface area contributed by atoms with Crippen LogP contribution in [-0.4, -0.2) is 8.42 Å². The van der Waals surface area contributed by atoms with Gasteiger partial charge in [0.15, 0.2) is 0 Å². The molecule has 3 nitrogen and oxygen atoms in total. The van der Waals surface area contributed by atoms with E-state index in [1.807, 2.05) is 4.72 Å². The van der Waals surface area contributed by atoms with Crippen molar-refractivity contribution in [2.75, 3.05) is 4.72 Å². The molecule has 0 saturated heterocycles. The minimum absolute atomic E-state index is 0.0737. The summed E-state index contributed by atoms with van der Waals surface area (Å²) in [5.74, 6) is -3.18. The van der Waals surface area contributed by atoms with Gasteiger partial charge in [-0.15, -0.1) is 0 Å². The molecule has 0 amide bonds.